The minimum Gasteiger partial charge on any atom is -0.430 e. The van der Waals surface area contributed by atoms with Crippen molar-refractivity contribution in [2.45, 2.75) is 6.42 Å². The maximum absolute atomic E-state index is 11.0. The molecule has 1 saturated heterocycles. The van der Waals surface area contributed by atoms with Crippen molar-refractivity contribution in [2.75, 3.05) is 0 Å². The molecule has 0 amide bonds. The van der Waals surface area contributed by atoms with Crippen LogP contribution in [0, 0.1) is 5.92 Å². The molecule has 4 heteroatoms. The van der Waals surface area contributed by atoms with Gasteiger partial charge in [-0.2, -0.15) is 0 Å². The minimum atomic E-state index is -0.366. The summed E-state index contributed by atoms with van der Waals surface area (Å²) in [7, 11) is 0. The minimum absolute atomic E-state index is 0.0550. The summed E-state index contributed by atoms with van der Waals surface area (Å²) in [5, 5.41) is 0. The molecule has 3 rings (SSSR count). The van der Waals surface area contributed by atoms with E-state index < -0.39 is 0 Å². The van der Waals surface area contributed by atoms with Crippen LogP contribution in [0.1, 0.15) is 6.42 Å². The fourth-order valence-corrected chi connectivity index (χ4v) is 1.78. The van der Waals surface area contributed by atoms with Gasteiger partial charge in [-0.25, -0.2) is 4.79 Å². The van der Waals surface area contributed by atoms with E-state index in [4.69, 9.17) is 9.47 Å². The van der Waals surface area contributed by atoms with Gasteiger partial charge in [-0.3, -0.25) is 4.79 Å². The van der Waals surface area contributed by atoms with E-state index in [0.717, 1.165) is 0 Å². The lowest BCUT2D eigenvalue weighted by Crippen LogP contribution is -2.02. The van der Waals surface area contributed by atoms with Crippen molar-refractivity contribution in [1.82, 2.24) is 0 Å². The Hall–Kier alpha value is -1.84. The molecule has 0 N–H and O–H groups in total. The molecule has 14 heavy (non-hydrogen) atoms. The zero-order valence-corrected chi connectivity index (χ0v) is 7.15. The van der Waals surface area contributed by atoms with E-state index in [9.17, 15) is 9.59 Å². The zero-order chi connectivity index (χ0) is 9.71. The van der Waals surface area contributed by atoms with Gasteiger partial charge < -0.3 is 9.47 Å². The number of allylic oxidation sites excluding steroid dienone is 2. The number of carbonyl (C=O) groups excluding carboxylic acids is 2. The molecule has 2 heterocycles. The number of rotatable bonds is 0. The molecule has 1 atom stereocenters. The van der Waals surface area contributed by atoms with E-state index in [2.05, 4.69) is 0 Å². The average Bonchev–Trinajstić information content (AvgIpc) is 2.59. The molecule has 1 fully saturated rings. The van der Waals surface area contributed by atoms with E-state index >= 15 is 0 Å². The van der Waals surface area contributed by atoms with Crippen LogP contribution < -0.4 is 0 Å². The average molecular weight is 190 g/mol. The second-order valence-corrected chi connectivity index (χ2v) is 3.38. The van der Waals surface area contributed by atoms with E-state index in [1.165, 1.54) is 6.08 Å². The summed E-state index contributed by atoms with van der Waals surface area (Å²) in [6, 6.07) is 0. The van der Waals surface area contributed by atoms with Crippen LogP contribution in [0.25, 0.3) is 0 Å². The summed E-state index contributed by atoms with van der Waals surface area (Å²) in [5.41, 5.74) is 0.691. The van der Waals surface area contributed by atoms with Crippen LogP contribution in [0.3, 0.4) is 0 Å². The van der Waals surface area contributed by atoms with Gasteiger partial charge in [0.15, 0.2) is 0 Å². The van der Waals surface area contributed by atoms with Gasteiger partial charge in [-0.05, 0) is 12.2 Å². The Bertz CT molecular complexity index is 439. The highest BCUT2D eigenvalue weighted by Gasteiger charge is 2.34. The van der Waals surface area contributed by atoms with Crippen molar-refractivity contribution in [3.8, 4) is 0 Å². The van der Waals surface area contributed by atoms with Crippen molar-refractivity contribution in [3.63, 3.8) is 0 Å². The highest BCUT2D eigenvalue weighted by atomic mass is 16.6. The van der Waals surface area contributed by atoms with E-state index in [1.807, 2.05) is 0 Å². The summed E-state index contributed by atoms with van der Waals surface area (Å²) in [6.45, 7) is 0. The summed E-state index contributed by atoms with van der Waals surface area (Å²) >= 11 is 0. The molecule has 0 spiro atoms. The third-order valence-electron chi connectivity index (χ3n) is 2.40. The largest absolute Gasteiger partial charge is 0.430 e. The first kappa shape index (κ1) is 7.55. The molecular weight excluding hydrogens is 184 g/mol. The normalized spacial score (nSPS) is 28.3. The maximum atomic E-state index is 11.0. The molecule has 1 aliphatic carbocycles. The predicted molar refractivity (Wildman–Crippen MR) is 44.5 cm³/mol. The molecule has 0 aromatic heterocycles. The molecule has 1 unspecified atom stereocenters. The molecule has 2 aliphatic heterocycles. The first-order valence-electron chi connectivity index (χ1n) is 4.30. The predicted octanol–water partition coefficient (Wildman–Crippen LogP) is 0.814. The van der Waals surface area contributed by atoms with Crippen LogP contribution in [0.4, 0.5) is 0 Å². The second kappa shape index (κ2) is 2.35. The van der Waals surface area contributed by atoms with Crippen molar-refractivity contribution in [3.05, 3.63) is 35.3 Å². The van der Waals surface area contributed by atoms with Gasteiger partial charge in [-0.15, -0.1) is 0 Å². The van der Waals surface area contributed by atoms with Gasteiger partial charge in [0.1, 0.15) is 11.5 Å². The monoisotopic (exact) mass is 190 g/mol. The van der Waals surface area contributed by atoms with Gasteiger partial charge >= 0.3 is 11.9 Å². The first-order chi connectivity index (χ1) is 6.72. The van der Waals surface area contributed by atoms with Crippen LogP contribution in [0.15, 0.2) is 35.3 Å². The Morgan fingerprint density at radius 2 is 2.07 bits per heavy atom. The number of hydrogen-bond donors (Lipinski definition) is 0. The Labute approximate surface area is 79.5 Å². The fourth-order valence-electron chi connectivity index (χ4n) is 1.78. The molecule has 3 aliphatic rings. The van der Waals surface area contributed by atoms with E-state index in [-0.39, 0.29) is 17.9 Å². The molecule has 4 nitrogen and oxygen atoms in total. The second-order valence-electron chi connectivity index (χ2n) is 3.38. The quantitative estimate of drug-likeness (QED) is 0.530. The zero-order valence-electron chi connectivity index (χ0n) is 7.15. The van der Waals surface area contributed by atoms with E-state index in [0.29, 0.717) is 23.5 Å². The van der Waals surface area contributed by atoms with Crippen LogP contribution in [0.2, 0.25) is 0 Å². The number of fused-ring (bicyclic) bond motifs is 2. The van der Waals surface area contributed by atoms with E-state index in [1.54, 1.807) is 12.2 Å². The van der Waals surface area contributed by atoms with Crippen LogP contribution >= 0.6 is 0 Å². The van der Waals surface area contributed by atoms with Crippen LogP contribution in [0.5, 0.6) is 0 Å². The van der Waals surface area contributed by atoms with Gasteiger partial charge in [0.2, 0.25) is 0 Å². The van der Waals surface area contributed by atoms with Crippen molar-refractivity contribution >= 4 is 11.9 Å². The van der Waals surface area contributed by atoms with Gasteiger partial charge in [0.05, 0.1) is 6.42 Å². The summed E-state index contributed by atoms with van der Waals surface area (Å²) in [4.78, 5) is 21.9. The summed E-state index contributed by atoms with van der Waals surface area (Å²) < 4.78 is 9.91. The summed E-state index contributed by atoms with van der Waals surface area (Å²) in [5.74, 6) is 0.505. The molecule has 0 aromatic carbocycles. The Morgan fingerprint density at radius 3 is 2.93 bits per heavy atom. The third kappa shape index (κ3) is 0.937. The lowest BCUT2D eigenvalue weighted by molar-refractivity contribution is -0.135. The molecule has 0 bridgehead atoms. The Kier molecular flexibility index (Phi) is 1.27. The molecule has 0 aromatic rings. The first-order valence-corrected chi connectivity index (χ1v) is 4.30. The SMILES string of the molecule is O=C1C=C2C=C3OC(=O)CC3C=C2O1. The number of hydrogen-bond acceptors (Lipinski definition) is 4. The number of ether oxygens (including phenoxy) is 2. The van der Waals surface area contributed by atoms with Crippen LogP contribution in [-0.2, 0) is 19.1 Å². The van der Waals surface area contributed by atoms with Crippen molar-refractivity contribution in [1.29, 1.82) is 0 Å². The van der Waals surface area contributed by atoms with Crippen molar-refractivity contribution in [2.24, 2.45) is 5.92 Å². The standard InChI is InChI=1S/C10H6O4/c11-9-3-5-1-7-6(2-8(5)14-9)4-10(12)13-7/h1-3,6H,4H2. The van der Waals surface area contributed by atoms with Gasteiger partial charge in [0.25, 0.3) is 0 Å². The highest BCUT2D eigenvalue weighted by Crippen LogP contribution is 2.37. The highest BCUT2D eigenvalue weighted by molar-refractivity contribution is 5.90. The van der Waals surface area contributed by atoms with Crippen molar-refractivity contribution < 1.29 is 19.1 Å². The maximum Gasteiger partial charge on any atom is 0.336 e. The number of esters is 2. The Balaban J connectivity index is 2.05. The topological polar surface area (TPSA) is 52.6 Å². The van der Waals surface area contributed by atoms with Gasteiger partial charge in [0, 0.05) is 17.6 Å². The molecule has 0 saturated carbocycles. The summed E-state index contributed by atoms with van der Waals surface area (Å²) in [6.07, 6.45) is 5.17. The smallest absolute Gasteiger partial charge is 0.336 e. The molecular formula is C10H6O4. The Morgan fingerprint density at radius 1 is 1.21 bits per heavy atom. The fraction of sp³-hybridized carbons (Fsp3) is 0.200. The molecule has 70 valence electrons. The lowest BCUT2D eigenvalue weighted by atomic mass is 9.96. The lowest BCUT2D eigenvalue weighted by Gasteiger charge is -2.11. The molecule has 0 radical (unpaired) electrons. The van der Waals surface area contributed by atoms with Crippen LogP contribution in [-0.4, -0.2) is 11.9 Å². The van der Waals surface area contributed by atoms with Gasteiger partial charge in [-0.1, -0.05) is 0 Å². The third-order valence-corrected chi connectivity index (χ3v) is 2.40. The number of carbonyl (C=O) groups is 2.